The van der Waals surface area contributed by atoms with Crippen molar-refractivity contribution in [2.75, 3.05) is 5.32 Å². The SMILES string of the molecule is CCCCC(C(=O)O)C(Nc1ccccc1C(=O)O)(C(=O)O)C(=O)O. The lowest BCUT2D eigenvalue weighted by Gasteiger charge is -2.33. The summed E-state index contributed by atoms with van der Waals surface area (Å²) in [4.78, 5) is 46.5. The van der Waals surface area contributed by atoms with Gasteiger partial charge in [0, 0.05) is 0 Å². The second-order valence-electron chi connectivity index (χ2n) is 5.43. The van der Waals surface area contributed by atoms with Crippen molar-refractivity contribution >= 4 is 29.6 Å². The zero-order valence-corrected chi connectivity index (χ0v) is 13.4. The fourth-order valence-electron chi connectivity index (χ4n) is 2.51. The molecule has 1 rings (SSSR count). The molecule has 0 saturated carbocycles. The predicted molar refractivity (Wildman–Crippen MR) is 85.7 cm³/mol. The molecular weight excluding hydrogens is 334 g/mol. The number of para-hydroxylation sites is 1. The minimum absolute atomic E-state index is 0.202. The monoisotopic (exact) mass is 353 g/mol. The van der Waals surface area contributed by atoms with E-state index in [0.717, 1.165) is 6.07 Å². The number of benzene rings is 1. The molecule has 0 fully saturated rings. The van der Waals surface area contributed by atoms with Crippen molar-refractivity contribution in [2.45, 2.75) is 31.7 Å². The second kappa shape index (κ2) is 8.13. The van der Waals surface area contributed by atoms with Gasteiger partial charge >= 0.3 is 23.9 Å². The Labute approximate surface area is 142 Å². The molecule has 1 aromatic carbocycles. The summed E-state index contributed by atoms with van der Waals surface area (Å²) in [5, 5.41) is 39.9. The standard InChI is InChI=1S/C16H19NO8/c1-2-3-7-10(13(20)21)16(14(22)23,15(24)25)17-11-8-5-4-6-9(11)12(18)19/h4-6,8,10,17H,2-3,7H2,1H3,(H,18,19)(H,20,21)(H,22,23)(H,24,25). The number of anilines is 1. The first-order chi connectivity index (χ1) is 11.7. The maximum atomic E-state index is 11.8. The van der Waals surface area contributed by atoms with Gasteiger partial charge in [0.25, 0.3) is 0 Å². The molecule has 0 bridgehead atoms. The normalized spacial score (nSPS) is 12.2. The summed E-state index contributed by atoms with van der Waals surface area (Å²) in [6.07, 6.45) is 0.624. The molecule has 9 heteroatoms. The van der Waals surface area contributed by atoms with Crippen molar-refractivity contribution < 1.29 is 39.6 Å². The van der Waals surface area contributed by atoms with E-state index < -0.39 is 35.3 Å². The summed E-state index contributed by atoms with van der Waals surface area (Å²) >= 11 is 0. The molecule has 0 heterocycles. The summed E-state index contributed by atoms with van der Waals surface area (Å²) in [7, 11) is 0. The topological polar surface area (TPSA) is 161 Å². The highest BCUT2D eigenvalue weighted by atomic mass is 16.4. The van der Waals surface area contributed by atoms with E-state index in [0.29, 0.717) is 12.8 Å². The van der Waals surface area contributed by atoms with E-state index in [1.807, 2.05) is 0 Å². The molecule has 1 atom stereocenters. The quantitative estimate of drug-likeness (QED) is 0.393. The minimum atomic E-state index is -2.91. The van der Waals surface area contributed by atoms with E-state index >= 15 is 0 Å². The van der Waals surface area contributed by atoms with E-state index in [9.17, 15) is 39.6 Å². The number of rotatable bonds is 10. The van der Waals surface area contributed by atoms with Gasteiger partial charge in [0.2, 0.25) is 5.54 Å². The van der Waals surface area contributed by atoms with Crippen molar-refractivity contribution in [1.29, 1.82) is 0 Å². The van der Waals surface area contributed by atoms with Gasteiger partial charge in [-0.05, 0) is 18.6 Å². The Morgan fingerprint density at radius 2 is 1.60 bits per heavy atom. The van der Waals surface area contributed by atoms with Crippen molar-refractivity contribution in [3.05, 3.63) is 29.8 Å². The lowest BCUT2D eigenvalue weighted by molar-refractivity contribution is -0.165. The average molecular weight is 353 g/mol. The number of nitrogens with one attached hydrogen (secondary N) is 1. The molecule has 25 heavy (non-hydrogen) atoms. The van der Waals surface area contributed by atoms with E-state index in [4.69, 9.17) is 0 Å². The van der Waals surface area contributed by atoms with Crippen LogP contribution in [0.25, 0.3) is 0 Å². The fourth-order valence-corrected chi connectivity index (χ4v) is 2.51. The van der Waals surface area contributed by atoms with Gasteiger partial charge in [0.1, 0.15) is 5.92 Å². The zero-order chi connectivity index (χ0) is 19.2. The number of carboxylic acids is 4. The number of unbranched alkanes of at least 4 members (excludes halogenated alkanes) is 1. The second-order valence-corrected chi connectivity index (χ2v) is 5.43. The molecule has 0 saturated heterocycles. The third-order valence-corrected chi connectivity index (χ3v) is 3.83. The van der Waals surface area contributed by atoms with Crippen molar-refractivity contribution in [3.8, 4) is 0 Å². The Hall–Kier alpha value is -3.10. The first-order valence-electron chi connectivity index (χ1n) is 7.48. The first kappa shape index (κ1) is 19.9. The van der Waals surface area contributed by atoms with Gasteiger partial charge in [-0.25, -0.2) is 14.4 Å². The van der Waals surface area contributed by atoms with Gasteiger partial charge in [-0.2, -0.15) is 0 Å². The largest absolute Gasteiger partial charge is 0.481 e. The number of hydrogen-bond acceptors (Lipinski definition) is 5. The van der Waals surface area contributed by atoms with E-state index in [-0.39, 0.29) is 17.7 Å². The van der Waals surface area contributed by atoms with Crippen LogP contribution in [0.3, 0.4) is 0 Å². The Bertz CT molecular complexity index is 670. The third kappa shape index (κ3) is 4.06. The summed E-state index contributed by atoms with van der Waals surface area (Å²) in [5.41, 5.74) is -3.57. The molecule has 9 nitrogen and oxygen atoms in total. The maximum Gasteiger partial charge on any atom is 0.342 e. The van der Waals surface area contributed by atoms with Crippen LogP contribution in [0.2, 0.25) is 0 Å². The van der Waals surface area contributed by atoms with E-state index in [1.165, 1.54) is 18.2 Å². The molecular formula is C16H19NO8. The summed E-state index contributed by atoms with van der Waals surface area (Å²) < 4.78 is 0. The van der Waals surface area contributed by atoms with E-state index in [2.05, 4.69) is 5.32 Å². The maximum absolute atomic E-state index is 11.8. The van der Waals surface area contributed by atoms with Gasteiger partial charge in [0.15, 0.2) is 0 Å². The van der Waals surface area contributed by atoms with Crippen LogP contribution in [-0.4, -0.2) is 49.8 Å². The van der Waals surface area contributed by atoms with Crippen LogP contribution >= 0.6 is 0 Å². The lowest BCUT2D eigenvalue weighted by atomic mass is 9.79. The molecule has 1 aromatic rings. The van der Waals surface area contributed by atoms with Crippen LogP contribution in [-0.2, 0) is 14.4 Å². The molecule has 1 unspecified atom stereocenters. The Balaban J connectivity index is 3.53. The van der Waals surface area contributed by atoms with Crippen LogP contribution in [0, 0.1) is 5.92 Å². The Kier molecular flexibility index (Phi) is 6.49. The zero-order valence-electron chi connectivity index (χ0n) is 13.4. The highest BCUT2D eigenvalue weighted by Gasteiger charge is 2.56. The van der Waals surface area contributed by atoms with Crippen LogP contribution in [0.1, 0.15) is 36.5 Å². The highest BCUT2D eigenvalue weighted by molar-refractivity contribution is 6.10. The average Bonchev–Trinajstić information content (AvgIpc) is 2.53. The number of carbonyl (C=O) groups is 4. The van der Waals surface area contributed by atoms with Crippen molar-refractivity contribution in [3.63, 3.8) is 0 Å². The number of hydrogen-bond donors (Lipinski definition) is 5. The minimum Gasteiger partial charge on any atom is -0.481 e. The molecule has 0 aliphatic carbocycles. The van der Waals surface area contributed by atoms with Crippen LogP contribution in [0.5, 0.6) is 0 Å². The molecule has 0 aliphatic rings. The van der Waals surface area contributed by atoms with Gasteiger partial charge in [-0.3, -0.25) is 4.79 Å². The predicted octanol–water partition coefficient (Wildman–Crippen LogP) is 1.60. The molecule has 136 valence electrons. The van der Waals surface area contributed by atoms with E-state index in [1.54, 1.807) is 6.92 Å². The first-order valence-corrected chi connectivity index (χ1v) is 7.48. The lowest BCUT2D eigenvalue weighted by Crippen LogP contribution is -2.61. The van der Waals surface area contributed by atoms with Gasteiger partial charge < -0.3 is 25.7 Å². The van der Waals surface area contributed by atoms with Crippen molar-refractivity contribution in [2.24, 2.45) is 5.92 Å². The van der Waals surface area contributed by atoms with Crippen LogP contribution < -0.4 is 5.32 Å². The molecule has 0 radical (unpaired) electrons. The molecule has 0 aromatic heterocycles. The summed E-state index contributed by atoms with van der Waals surface area (Å²) in [6.45, 7) is 1.75. The van der Waals surface area contributed by atoms with Gasteiger partial charge in [0.05, 0.1) is 11.3 Å². The summed E-state index contributed by atoms with van der Waals surface area (Å²) in [6, 6.07) is 5.10. The highest BCUT2D eigenvalue weighted by Crippen LogP contribution is 2.31. The molecule has 0 amide bonds. The van der Waals surface area contributed by atoms with Crippen molar-refractivity contribution in [1.82, 2.24) is 0 Å². The fraction of sp³-hybridized carbons (Fsp3) is 0.375. The third-order valence-electron chi connectivity index (χ3n) is 3.83. The Morgan fingerprint density at radius 3 is 2.04 bits per heavy atom. The summed E-state index contributed by atoms with van der Waals surface area (Å²) in [5.74, 6) is -8.64. The smallest absolute Gasteiger partial charge is 0.342 e. The number of carboxylic acid groups (broad SMARTS) is 4. The number of aromatic carboxylic acids is 1. The Morgan fingerprint density at radius 1 is 1.04 bits per heavy atom. The van der Waals surface area contributed by atoms with Gasteiger partial charge in [-0.15, -0.1) is 0 Å². The molecule has 5 N–H and O–H groups in total. The molecule has 0 aliphatic heterocycles. The van der Waals surface area contributed by atoms with Crippen LogP contribution in [0.15, 0.2) is 24.3 Å². The van der Waals surface area contributed by atoms with Gasteiger partial charge in [-0.1, -0.05) is 31.9 Å². The number of aliphatic carboxylic acids is 3. The molecule has 0 spiro atoms. The van der Waals surface area contributed by atoms with Crippen LogP contribution in [0.4, 0.5) is 5.69 Å².